The van der Waals surface area contributed by atoms with Gasteiger partial charge < -0.3 is 10.0 Å². The molecule has 0 aromatic rings. The number of nitrogens with zero attached hydrogens (tertiary/aromatic N) is 1. The third kappa shape index (κ3) is 5.57. The highest BCUT2D eigenvalue weighted by atomic mass is 19.4. The van der Waals surface area contributed by atoms with Gasteiger partial charge in [0.1, 0.15) is 0 Å². The van der Waals surface area contributed by atoms with Crippen LogP contribution in [0.2, 0.25) is 0 Å². The Bertz CT molecular complexity index is 253. The molecule has 0 aliphatic rings. The van der Waals surface area contributed by atoms with E-state index in [9.17, 15) is 22.8 Å². The van der Waals surface area contributed by atoms with Crippen LogP contribution in [0.4, 0.5) is 13.2 Å². The number of unbranched alkanes of at least 4 members (excludes halogenated alkanes) is 1. The summed E-state index contributed by atoms with van der Waals surface area (Å²) >= 11 is 0. The summed E-state index contributed by atoms with van der Waals surface area (Å²) in [4.78, 5) is 21.6. The largest absolute Gasteiger partial charge is 0.481 e. The monoisotopic (exact) mass is 241 g/mol. The van der Waals surface area contributed by atoms with E-state index in [0.717, 1.165) is 0 Å². The summed E-state index contributed by atoms with van der Waals surface area (Å²) in [7, 11) is 0. The molecule has 0 heterocycles. The van der Waals surface area contributed by atoms with E-state index in [0.29, 0.717) is 4.90 Å². The topological polar surface area (TPSA) is 57.6 Å². The molecule has 7 heteroatoms. The lowest BCUT2D eigenvalue weighted by Crippen LogP contribution is -2.41. The molecule has 0 saturated heterocycles. The number of carboxylic acid groups (broad SMARTS) is 1. The van der Waals surface area contributed by atoms with E-state index in [2.05, 4.69) is 0 Å². The molecule has 94 valence electrons. The Hall–Kier alpha value is -1.27. The number of alkyl halides is 3. The van der Waals surface area contributed by atoms with Gasteiger partial charge >= 0.3 is 18.1 Å². The van der Waals surface area contributed by atoms with Crippen LogP contribution in [-0.2, 0) is 9.59 Å². The molecule has 4 nitrogen and oxygen atoms in total. The molecule has 0 atom stereocenters. The maximum absolute atomic E-state index is 12.0. The fourth-order valence-corrected chi connectivity index (χ4v) is 1.16. The van der Waals surface area contributed by atoms with Crippen LogP contribution in [0.15, 0.2) is 0 Å². The maximum atomic E-state index is 12.0. The molecule has 0 spiro atoms. The van der Waals surface area contributed by atoms with E-state index in [1.807, 2.05) is 0 Å². The van der Waals surface area contributed by atoms with Gasteiger partial charge in [0, 0.05) is 19.5 Å². The molecule has 0 fully saturated rings. The van der Waals surface area contributed by atoms with Gasteiger partial charge in [0.05, 0.1) is 0 Å². The van der Waals surface area contributed by atoms with Gasteiger partial charge in [0.15, 0.2) is 0 Å². The van der Waals surface area contributed by atoms with E-state index in [4.69, 9.17) is 5.11 Å². The van der Waals surface area contributed by atoms with Crippen molar-refractivity contribution in [3.8, 4) is 0 Å². The number of carboxylic acids is 1. The number of halogens is 3. The van der Waals surface area contributed by atoms with E-state index in [-0.39, 0.29) is 32.4 Å². The van der Waals surface area contributed by atoms with E-state index in [1.165, 1.54) is 6.92 Å². The smallest absolute Gasteiger partial charge is 0.471 e. The summed E-state index contributed by atoms with van der Waals surface area (Å²) in [5.41, 5.74) is 0. The summed E-state index contributed by atoms with van der Waals surface area (Å²) in [5, 5.41) is 8.31. The zero-order valence-corrected chi connectivity index (χ0v) is 8.88. The number of carbonyl (C=O) groups is 2. The van der Waals surface area contributed by atoms with Crippen LogP contribution in [0.25, 0.3) is 0 Å². The molecule has 1 N–H and O–H groups in total. The number of amides is 1. The van der Waals surface area contributed by atoms with Crippen LogP contribution in [0.1, 0.15) is 26.2 Å². The van der Waals surface area contributed by atoms with Crippen molar-refractivity contribution in [1.29, 1.82) is 0 Å². The van der Waals surface area contributed by atoms with Gasteiger partial charge in [-0.1, -0.05) is 0 Å². The predicted octanol–water partition coefficient (Wildman–Crippen LogP) is 1.65. The number of aliphatic carboxylic acids is 1. The first-order valence-corrected chi connectivity index (χ1v) is 4.87. The second-order valence-electron chi connectivity index (χ2n) is 3.23. The fourth-order valence-electron chi connectivity index (χ4n) is 1.16. The van der Waals surface area contributed by atoms with Crippen LogP contribution < -0.4 is 0 Å². The minimum absolute atomic E-state index is 0.0363. The SMILES string of the molecule is CCN(CCCCC(=O)O)C(=O)C(F)(F)F. The molecular weight excluding hydrogens is 227 g/mol. The van der Waals surface area contributed by atoms with Gasteiger partial charge in [-0.15, -0.1) is 0 Å². The lowest BCUT2D eigenvalue weighted by Gasteiger charge is -2.21. The van der Waals surface area contributed by atoms with E-state index >= 15 is 0 Å². The van der Waals surface area contributed by atoms with Crippen molar-refractivity contribution in [1.82, 2.24) is 4.90 Å². The second-order valence-corrected chi connectivity index (χ2v) is 3.23. The summed E-state index contributed by atoms with van der Waals surface area (Å²) in [5.74, 6) is -2.87. The minimum atomic E-state index is -4.86. The fraction of sp³-hybridized carbons (Fsp3) is 0.778. The highest BCUT2D eigenvalue weighted by Gasteiger charge is 2.41. The van der Waals surface area contributed by atoms with Gasteiger partial charge in [-0.3, -0.25) is 9.59 Å². The van der Waals surface area contributed by atoms with Crippen molar-refractivity contribution in [2.45, 2.75) is 32.4 Å². The molecule has 0 aromatic heterocycles. The van der Waals surface area contributed by atoms with Crippen molar-refractivity contribution < 1.29 is 27.9 Å². The Morgan fingerprint density at radius 1 is 1.25 bits per heavy atom. The second kappa shape index (κ2) is 6.34. The third-order valence-electron chi connectivity index (χ3n) is 1.98. The van der Waals surface area contributed by atoms with Crippen molar-refractivity contribution in [2.75, 3.05) is 13.1 Å². The molecule has 0 unspecified atom stereocenters. The summed E-state index contributed by atoms with van der Waals surface area (Å²) in [6, 6.07) is 0. The van der Waals surface area contributed by atoms with E-state index < -0.39 is 18.1 Å². The van der Waals surface area contributed by atoms with E-state index in [1.54, 1.807) is 0 Å². The standard InChI is InChI=1S/C9H14F3NO3/c1-2-13(8(16)9(10,11)12)6-4-3-5-7(14)15/h2-6H2,1H3,(H,14,15). The molecule has 0 aliphatic carbocycles. The number of rotatable bonds is 6. The Balaban J connectivity index is 4.02. The van der Waals surface area contributed by atoms with Crippen LogP contribution in [0.5, 0.6) is 0 Å². The molecule has 0 bridgehead atoms. The number of carbonyl (C=O) groups excluding carboxylic acids is 1. The zero-order valence-electron chi connectivity index (χ0n) is 8.88. The molecule has 16 heavy (non-hydrogen) atoms. The quantitative estimate of drug-likeness (QED) is 0.719. The number of hydrogen-bond acceptors (Lipinski definition) is 2. The van der Waals surface area contributed by atoms with Gasteiger partial charge in [0.2, 0.25) is 0 Å². The van der Waals surface area contributed by atoms with Crippen molar-refractivity contribution in [3.05, 3.63) is 0 Å². The normalized spacial score (nSPS) is 11.2. The average molecular weight is 241 g/mol. The third-order valence-corrected chi connectivity index (χ3v) is 1.98. The first-order valence-electron chi connectivity index (χ1n) is 4.87. The zero-order chi connectivity index (χ0) is 12.8. The molecule has 0 aliphatic heterocycles. The van der Waals surface area contributed by atoms with Gasteiger partial charge in [0.25, 0.3) is 0 Å². The molecule has 0 saturated carbocycles. The molecular formula is C9H14F3NO3. The molecule has 1 amide bonds. The first-order chi connectivity index (χ1) is 7.29. The maximum Gasteiger partial charge on any atom is 0.471 e. The Morgan fingerprint density at radius 3 is 2.19 bits per heavy atom. The van der Waals surface area contributed by atoms with Crippen molar-refractivity contribution in [2.24, 2.45) is 0 Å². The minimum Gasteiger partial charge on any atom is -0.481 e. The van der Waals surface area contributed by atoms with Crippen LogP contribution in [0, 0.1) is 0 Å². The Labute approximate surface area is 91.0 Å². The highest BCUT2D eigenvalue weighted by Crippen LogP contribution is 2.18. The summed E-state index contributed by atoms with van der Waals surface area (Å²) in [6.07, 6.45) is -4.44. The summed E-state index contributed by atoms with van der Waals surface area (Å²) in [6.45, 7) is 1.34. The Kier molecular flexibility index (Phi) is 5.84. The molecule has 0 rings (SSSR count). The lowest BCUT2D eigenvalue weighted by molar-refractivity contribution is -0.185. The lowest BCUT2D eigenvalue weighted by atomic mass is 10.2. The Morgan fingerprint density at radius 2 is 1.81 bits per heavy atom. The first kappa shape index (κ1) is 14.7. The van der Waals surface area contributed by atoms with Gasteiger partial charge in [-0.05, 0) is 19.8 Å². The van der Waals surface area contributed by atoms with Crippen LogP contribution in [0.3, 0.4) is 0 Å². The van der Waals surface area contributed by atoms with Crippen LogP contribution in [-0.4, -0.2) is 41.1 Å². The van der Waals surface area contributed by atoms with Gasteiger partial charge in [-0.25, -0.2) is 0 Å². The highest BCUT2D eigenvalue weighted by molar-refractivity contribution is 5.81. The van der Waals surface area contributed by atoms with Crippen LogP contribution >= 0.6 is 0 Å². The van der Waals surface area contributed by atoms with Gasteiger partial charge in [-0.2, -0.15) is 13.2 Å². The number of hydrogen-bond donors (Lipinski definition) is 1. The predicted molar refractivity (Wildman–Crippen MR) is 49.8 cm³/mol. The average Bonchev–Trinajstić information content (AvgIpc) is 2.15. The van der Waals surface area contributed by atoms with Crippen molar-refractivity contribution in [3.63, 3.8) is 0 Å². The van der Waals surface area contributed by atoms with Crippen molar-refractivity contribution >= 4 is 11.9 Å². The molecule has 0 aromatic carbocycles. The summed E-state index contributed by atoms with van der Waals surface area (Å²) < 4.78 is 36.1. The molecule has 0 radical (unpaired) electrons.